The summed E-state index contributed by atoms with van der Waals surface area (Å²) in [5, 5.41) is 3.33. The Kier molecular flexibility index (Phi) is 7.29. The fourth-order valence-corrected chi connectivity index (χ4v) is 2.17. The van der Waals surface area contributed by atoms with E-state index in [0.29, 0.717) is 29.5 Å². The van der Waals surface area contributed by atoms with Gasteiger partial charge < -0.3 is 14.8 Å². The van der Waals surface area contributed by atoms with Crippen LogP contribution >= 0.6 is 11.6 Å². The van der Waals surface area contributed by atoms with Crippen molar-refractivity contribution < 1.29 is 19.1 Å². The summed E-state index contributed by atoms with van der Waals surface area (Å²) in [5.74, 6) is -0.0935. The molecule has 2 rings (SSSR count). The molecule has 1 amide bonds. The third-order valence-electron chi connectivity index (χ3n) is 3.35. The summed E-state index contributed by atoms with van der Waals surface area (Å²) in [5.41, 5.74) is 1.60. The first-order valence-electron chi connectivity index (χ1n) is 7.94. The Morgan fingerprint density at radius 2 is 1.88 bits per heavy atom. The fourth-order valence-electron chi connectivity index (χ4n) is 2.05. The van der Waals surface area contributed by atoms with E-state index in [1.165, 1.54) is 0 Å². The Labute approximate surface area is 151 Å². The van der Waals surface area contributed by atoms with Crippen molar-refractivity contribution in [3.63, 3.8) is 0 Å². The van der Waals surface area contributed by atoms with Gasteiger partial charge in [-0.3, -0.25) is 9.59 Å². The van der Waals surface area contributed by atoms with E-state index < -0.39 is 5.97 Å². The summed E-state index contributed by atoms with van der Waals surface area (Å²) in [6, 6.07) is 14.4. The number of anilines is 1. The summed E-state index contributed by atoms with van der Waals surface area (Å²) in [6.45, 7) is 1.98. The number of para-hydroxylation sites is 1. The molecule has 0 saturated heterocycles. The van der Waals surface area contributed by atoms with Crippen LogP contribution in [0.4, 0.5) is 5.69 Å². The first-order valence-corrected chi connectivity index (χ1v) is 8.32. The lowest BCUT2D eigenvalue weighted by atomic mass is 10.2. The maximum atomic E-state index is 11.7. The number of ether oxygens (including phenoxy) is 2. The monoisotopic (exact) mass is 361 g/mol. The third kappa shape index (κ3) is 6.85. The van der Waals surface area contributed by atoms with Crippen LogP contribution in [0.1, 0.15) is 18.4 Å². The first-order chi connectivity index (χ1) is 12.0. The second kappa shape index (κ2) is 9.69. The minimum atomic E-state index is -0.431. The molecule has 132 valence electrons. The van der Waals surface area contributed by atoms with Gasteiger partial charge in [-0.05, 0) is 49.2 Å². The van der Waals surface area contributed by atoms with Crippen LogP contribution in [0.5, 0.6) is 5.75 Å². The molecule has 0 heterocycles. The standard InChI is InChI=1S/C19H20ClNO4/c1-14-12-16(9-10-17(14)20)24-11-5-8-19(23)25-13-18(22)21-15-6-3-2-4-7-15/h2-4,6-7,9-10,12H,5,8,11,13H2,1H3,(H,21,22). The van der Waals surface area contributed by atoms with Crippen molar-refractivity contribution in [1.82, 2.24) is 0 Å². The molecule has 0 spiro atoms. The average Bonchev–Trinajstić information content (AvgIpc) is 2.61. The van der Waals surface area contributed by atoms with Gasteiger partial charge in [0.15, 0.2) is 6.61 Å². The molecule has 2 aromatic rings. The zero-order valence-electron chi connectivity index (χ0n) is 14.0. The van der Waals surface area contributed by atoms with E-state index in [-0.39, 0.29) is 18.9 Å². The predicted molar refractivity (Wildman–Crippen MR) is 96.9 cm³/mol. The van der Waals surface area contributed by atoms with E-state index in [2.05, 4.69) is 5.32 Å². The topological polar surface area (TPSA) is 64.6 Å². The Bertz CT molecular complexity index is 719. The molecule has 0 aliphatic rings. The zero-order valence-corrected chi connectivity index (χ0v) is 14.7. The highest BCUT2D eigenvalue weighted by Crippen LogP contribution is 2.21. The first kappa shape index (κ1) is 18.8. The molecule has 25 heavy (non-hydrogen) atoms. The molecule has 1 N–H and O–H groups in total. The smallest absolute Gasteiger partial charge is 0.306 e. The van der Waals surface area contributed by atoms with Crippen LogP contribution < -0.4 is 10.1 Å². The highest BCUT2D eigenvalue weighted by Gasteiger charge is 2.08. The van der Waals surface area contributed by atoms with Crippen molar-refractivity contribution >= 4 is 29.2 Å². The Hall–Kier alpha value is -2.53. The second-order valence-corrected chi connectivity index (χ2v) is 5.85. The van der Waals surface area contributed by atoms with Crippen LogP contribution in [0.3, 0.4) is 0 Å². The highest BCUT2D eigenvalue weighted by molar-refractivity contribution is 6.31. The van der Waals surface area contributed by atoms with Crippen molar-refractivity contribution in [3.8, 4) is 5.75 Å². The number of aryl methyl sites for hydroxylation is 1. The summed E-state index contributed by atoms with van der Waals surface area (Å²) >= 11 is 5.95. The molecule has 0 aliphatic heterocycles. The number of benzene rings is 2. The van der Waals surface area contributed by atoms with E-state index in [4.69, 9.17) is 21.1 Å². The van der Waals surface area contributed by atoms with Gasteiger partial charge in [-0.15, -0.1) is 0 Å². The van der Waals surface area contributed by atoms with Crippen molar-refractivity contribution in [1.29, 1.82) is 0 Å². The number of hydrogen-bond acceptors (Lipinski definition) is 4. The minimum absolute atomic E-state index is 0.186. The van der Waals surface area contributed by atoms with E-state index in [1.807, 2.05) is 31.2 Å². The normalized spacial score (nSPS) is 10.2. The molecule has 2 aromatic carbocycles. The lowest BCUT2D eigenvalue weighted by Crippen LogP contribution is -2.21. The van der Waals surface area contributed by atoms with Gasteiger partial charge in [0.1, 0.15) is 5.75 Å². The zero-order chi connectivity index (χ0) is 18.1. The number of carbonyl (C=O) groups is 2. The number of rotatable bonds is 8. The van der Waals surface area contributed by atoms with Crippen LogP contribution in [-0.2, 0) is 14.3 Å². The Morgan fingerprint density at radius 1 is 1.12 bits per heavy atom. The predicted octanol–water partition coefficient (Wildman–Crippen LogP) is 3.99. The van der Waals surface area contributed by atoms with Gasteiger partial charge in [0.2, 0.25) is 0 Å². The van der Waals surface area contributed by atoms with Crippen LogP contribution in [0.15, 0.2) is 48.5 Å². The quantitative estimate of drug-likeness (QED) is 0.570. The fraction of sp³-hybridized carbons (Fsp3) is 0.263. The van der Waals surface area contributed by atoms with E-state index in [0.717, 1.165) is 5.56 Å². The number of nitrogens with one attached hydrogen (secondary N) is 1. The summed E-state index contributed by atoms with van der Waals surface area (Å²) in [4.78, 5) is 23.3. The number of halogens is 1. The molecule has 0 bridgehead atoms. The number of esters is 1. The van der Waals surface area contributed by atoms with Crippen molar-refractivity contribution in [3.05, 3.63) is 59.1 Å². The lowest BCUT2D eigenvalue weighted by molar-refractivity contribution is -0.147. The van der Waals surface area contributed by atoms with Crippen molar-refractivity contribution in [2.24, 2.45) is 0 Å². The average molecular weight is 362 g/mol. The number of hydrogen-bond donors (Lipinski definition) is 1. The minimum Gasteiger partial charge on any atom is -0.494 e. The maximum absolute atomic E-state index is 11.7. The van der Waals surface area contributed by atoms with Gasteiger partial charge in [-0.25, -0.2) is 0 Å². The Balaban J connectivity index is 1.60. The van der Waals surface area contributed by atoms with Crippen LogP contribution in [-0.4, -0.2) is 25.1 Å². The molecule has 0 aliphatic carbocycles. The summed E-state index contributed by atoms with van der Waals surface area (Å²) in [6.07, 6.45) is 0.687. The molecule has 0 aromatic heterocycles. The molecule has 0 atom stereocenters. The molecule has 5 nitrogen and oxygen atoms in total. The van der Waals surface area contributed by atoms with Crippen LogP contribution in [0.25, 0.3) is 0 Å². The lowest BCUT2D eigenvalue weighted by Gasteiger charge is -2.08. The summed E-state index contributed by atoms with van der Waals surface area (Å²) in [7, 11) is 0. The largest absolute Gasteiger partial charge is 0.494 e. The van der Waals surface area contributed by atoms with Gasteiger partial charge in [-0.2, -0.15) is 0 Å². The van der Waals surface area contributed by atoms with E-state index >= 15 is 0 Å². The van der Waals surface area contributed by atoms with E-state index in [9.17, 15) is 9.59 Å². The van der Waals surface area contributed by atoms with Crippen LogP contribution in [0, 0.1) is 6.92 Å². The SMILES string of the molecule is Cc1cc(OCCCC(=O)OCC(=O)Nc2ccccc2)ccc1Cl. The molecule has 0 unspecified atom stereocenters. The van der Waals surface area contributed by atoms with Crippen LogP contribution in [0.2, 0.25) is 5.02 Å². The molecular weight excluding hydrogens is 342 g/mol. The molecule has 0 radical (unpaired) electrons. The summed E-state index contributed by atoms with van der Waals surface area (Å²) < 4.78 is 10.5. The molecule has 0 saturated carbocycles. The van der Waals surface area contributed by atoms with E-state index in [1.54, 1.807) is 24.3 Å². The molecule has 0 fully saturated rings. The second-order valence-electron chi connectivity index (χ2n) is 5.44. The van der Waals surface area contributed by atoms with Gasteiger partial charge in [0.05, 0.1) is 6.61 Å². The van der Waals surface area contributed by atoms with Gasteiger partial charge in [0, 0.05) is 17.1 Å². The molecular formula is C19H20ClNO4. The van der Waals surface area contributed by atoms with Gasteiger partial charge >= 0.3 is 5.97 Å². The van der Waals surface area contributed by atoms with Crippen molar-refractivity contribution in [2.75, 3.05) is 18.5 Å². The third-order valence-corrected chi connectivity index (χ3v) is 3.77. The van der Waals surface area contributed by atoms with Gasteiger partial charge in [-0.1, -0.05) is 29.8 Å². The molecule has 6 heteroatoms. The van der Waals surface area contributed by atoms with Crippen molar-refractivity contribution in [2.45, 2.75) is 19.8 Å². The van der Waals surface area contributed by atoms with Gasteiger partial charge in [0.25, 0.3) is 5.91 Å². The number of amides is 1. The Morgan fingerprint density at radius 3 is 2.60 bits per heavy atom. The maximum Gasteiger partial charge on any atom is 0.306 e. The highest BCUT2D eigenvalue weighted by atomic mass is 35.5. The number of carbonyl (C=O) groups excluding carboxylic acids is 2.